The van der Waals surface area contributed by atoms with Gasteiger partial charge in [-0.2, -0.15) is 0 Å². The lowest BCUT2D eigenvalue weighted by Crippen LogP contribution is -2.29. The van der Waals surface area contributed by atoms with Crippen LogP contribution in [0, 0.1) is 0 Å². The van der Waals surface area contributed by atoms with Gasteiger partial charge in [-0.1, -0.05) is 30.4 Å². The Morgan fingerprint density at radius 1 is 1.33 bits per heavy atom. The van der Waals surface area contributed by atoms with Crippen LogP contribution < -0.4 is 10.6 Å². The van der Waals surface area contributed by atoms with Crippen molar-refractivity contribution in [3.05, 3.63) is 57.7 Å². The highest BCUT2D eigenvalue weighted by atomic mass is 32.2. The minimum absolute atomic E-state index is 0.118. The zero-order valence-corrected chi connectivity index (χ0v) is 10.7. The molecule has 3 nitrogen and oxygen atoms in total. The van der Waals surface area contributed by atoms with E-state index in [0.717, 1.165) is 21.7 Å². The Kier molecular flexibility index (Phi) is 2.80. The number of methoxy groups -OCH3 is 1. The van der Waals surface area contributed by atoms with Crippen LogP contribution >= 0.6 is 11.9 Å². The third-order valence-corrected chi connectivity index (χ3v) is 3.78. The first kappa shape index (κ1) is 11.3. The molecule has 0 saturated carbocycles. The van der Waals surface area contributed by atoms with Crippen LogP contribution in [0.25, 0.3) is 5.57 Å². The molecule has 2 aliphatic rings. The van der Waals surface area contributed by atoms with Crippen molar-refractivity contribution in [1.29, 1.82) is 0 Å². The maximum absolute atomic E-state index is 12.2. The largest absolute Gasteiger partial charge is 0.488 e. The van der Waals surface area contributed by atoms with Crippen LogP contribution in [0.2, 0.25) is 0 Å². The predicted octanol–water partition coefficient (Wildman–Crippen LogP) is 1.51. The molecule has 0 fully saturated rings. The molecule has 0 bridgehead atoms. The summed E-state index contributed by atoms with van der Waals surface area (Å²) in [7, 11) is 1.60. The van der Waals surface area contributed by atoms with Gasteiger partial charge in [-0.3, -0.25) is 4.79 Å². The molecule has 18 heavy (non-hydrogen) atoms. The van der Waals surface area contributed by atoms with E-state index in [1.54, 1.807) is 7.11 Å². The van der Waals surface area contributed by atoms with Crippen molar-refractivity contribution in [2.45, 2.75) is 6.42 Å². The standard InChI is InChI=1S/C14H11NO2S/c1-17-14-10-6-4-8-12(16)13(10)9-5-2-3-7-11(9)15-18-14/h2-7H,8H2,1H3. The second-order valence-corrected chi connectivity index (χ2v) is 4.75. The van der Waals surface area contributed by atoms with E-state index in [-0.39, 0.29) is 5.78 Å². The van der Waals surface area contributed by atoms with Crippen molar-refractivity contribution in [3.8, 4) is 0 Å². The van der Waals surface area contributed by atoms with Crippen LogP contribution in [0.4, 0.5) is 0 Å². The van der Waals surface area contributed by atoms with E-state index in [9.17, 15) is 4.79 Å². The quantitative estimate of drug-likeness (QED) is 0.716. The summed E-state index contributed by atoms with van der Waals surface area (Å²) in [6.07, 6.45) is 4.25. The predicted molar refractivity (Wildman–Crippen MR) is 71.0 cm³/mol. The lowest BCUT2D eigenvalue weighted by Gasteiger charge is -2.13. The van der Waals surface area contributed by atoms with Crippen molar-refractivity contribution in [2.75, 3.05) is 7.11 Å². The van der Waals surface area contributed by atoms with Crippen molar-refractivity contribution in [2.24, 2.45) is 4.40 Å². The van der Waals surface area contributed by atoms with Crippen molar-refractivity contribution < 1.29 is 9.53 Å². The van der Waals surface area contributed by atoms with Crippen molar-refractivity contribution in [1.82, 2.24) is 0 Å². The Morgan fingerprint density at radius 2 is 2.17 bits per heavy atom. The van der Waals surface area contributed by atoms with Crippen LogP contribution in [0.5, 0.6) is 0 Å². The van der Waals surface area contributed by atoms with Gasteiger partial charge in [-0.15, -0.1) is 0 Å². The third-order valence-electron chi connectivity index (χ3n) is 2.94. The number of nitrogens with zero attached hydrogens (tertiary/aromatic N) is 1. The van der Waals surface area contributed by atoms with Crippen molar-refractivity contribution >= 4 is 23.3 Å². The molecule has 4 heteroatoms. The number of allylic oxidation sites excluding steroid dienone is 3. The van der Waals surface area contributed by atoms with E-state index in [0.29, 0.717) is 11.5 Å². The van der Waals surface area contributed by atoms with Gasteiger partial charge in [-0.25, -0.2) is 4.40 Å². The highest BCUT2D eigenvalue weighted by Gasteiger charge is 2.23. The molecule has 3 rings (SSSR count). The van der Waals surface area contributed by atoms with E-state index < -0.39 is 0 Å². The summed E-state index contributed by atoms with van der Waals surface area (Å²) in [5, 5.41) is 2.39. The molecular formula is C14H11NO2S. The molecular weight excluding hydrogens is 246 g/mol. The van der Waals surface area contributed by atoms with Gasteiger partial charge in [-0.05, 0) is 6.07 Å². The highest BCUT2D eigenvalue weighted by molar-refractivity contribution is 8.01. The number of hydrogen-bond donors (Lipinski definition) is 0. The monoisotopic (exact) mass is 257 g/mol. The molecule has 0 atom stereocenters. The molecule has 0 amide bonds. The van der Waals surface area contributed by atoms with Crippen LogP contribution in [0.3, 0.4) is 0 Å². The molecule has 0 unspecified atom stereocenters. The molecule has 1 heterocycles. The van der Waals surface area contributed by atoms with Crippen LogP contribution in [-0.2, 0) is 9.53 Å². The van der Waals surface area contributed by atoms with Crippen LogP contribution in [-0.4, -0.2) is 12.9 Å². The van der Waals surface area contributed by atoms with Gasteiger partial charge in [0.2, 0.25) is 0 Å². The molecule has 0 aromatic heterocycles. The van der Waals surface area contributed by atoms with Gasteiger partial charge in [0, 0.05) is 34.7 Å². The topological polar surface area (TPSA) is 38.7 Å². The van der Waals surface area contributed by atoms with Gasteiger partial charge in [0.25, 0.3) is 0 Å². The number of benzene rings is 1. The number of ketones is 1. The second kappa shape index (κ2) is 4.46. The van der Waals surface area contributed by atoms with E-state index in [1.807, 2.05) is 36.4 Å². The average Bonchev–Trinajstić information content (AvgIpc) is 2.56. The van der Waals surface area contributed by atoms with Gasteiger partial charge in [0.15, 0.2) is 10.9 Å². The first-order valence-corrected chi connectivity index (χ1v) is 6.41. The summed E-state index contributed by atoms with van der Waals surface area (Å²) in [6.45, 7) is 0. The maximum atomic E-state index is 12.2. The Labute approximate surface area is 109 Å². The Hall–Kier alpha value is -1.81. The summed E-state index contributed by atoms with van der Waals surface area (Å²) in [6, 6.07) is 7.69. The first-order chi connectivity index (χ1) is 8.81. The molecule has 1 aliphatic carbocycles. The molecule has 0 N–H and O–H groups in total. The molecule has 90 valence electrons. The van der Waals surface area contributed by atoms with E-state index in [4.69, 9.17) is 4.74 Å². The number of Topliss-reactive ketones (excluding diaryl/α,β-unsaturated/α-hetero) is 1. The van der Waals surface area contributed by atoms with E-state index >= 15 is 0 Å². The smallest absolute Gasteiger partial charge is 0.183 e. The van der Waals surface area contributed by atoms with E-state index in [1.165, 1.54) is 11.9 Å². The fourth-order valence-electron chi connectivity index (χ4n) is 2.14. The fourth-order valence-corrected chi connectivity index (χ4v) is 2.82. The number of ether oxygens (including phenoxy) is 1. The van der Waals surface area contributed by atoms with Crippen LogP contribution in [0.1, 0.15) is 6.42 Å². The lowest BCUT2D eigenvalue weighted by atomic mass is 9.92. The SMILES string of the molecule is COC1=C2C=CCC(=O)C2=c2ccccc2=NS1. The Morgan fingerprint density at radius 3 is 3.00 bits per heavy atom. The van der Waals surface area contributed by atoms with Crippen LogP contribution in [0.15, 0.2) is 51.5 Å². The Bertz CT molecular complexity index is 701. The van der Waals surface area contributed by atoms with Crippen molar-refractivity contribution in [3.63, 3.8) is 0 Å². The second-order valence-electron chi connectivity index (χ2n) is 4.01. The first-order valence-electron chi connectivity index (χ1n) is 5.64. The Balaban J connectivity index is 2.45. The number of carbonyl (C=O) groups excluding carboxylic acids is 1. The van der Waals surface area contributed by atoms with Gasteiger partial charge in [0.1, 0.15) is 0 Å². The number of fused-ring (bicyclic) bond motifs is 2. The molecule has 1 aromatic carbocycles. The lowest BCUT2D eigenvalue weighted by molar-refractivity contribution is -0.113. The summed E-state index contributed by atoms with van der Waals surface area (Å²) < 4.78 is 9.77. The number of carbonyl (C=O) groups is 1. The molecule has 1 aromatic rings. The molecule has 0 saturated heterocycles. The maximum Gasteiger partial charge on any atom is 0.183 e. The normalized spacial score (nSPS) is 17.8. The number of rotatable bonds is 1. The zero-order chi connectivity index (χ0) is 12.5. The average molecular weight is 257 g/mol. The molecule has 0 radical (unpaired) electrons. The summed E-state index contributed by atoms with van der Waals surface area (Å²) in [5.41, 5.74) is 1.56. The summed E-state index contributed by atoms with van der Waals surface area (Å²) >= 11 is 1.27. The zero-order valence-electron chi connectivity index (χ0n) is 9.84. The summed E-state index contributed by atoms with van der Waals surface area (Å²) in [5.74, 6) is 0.118. The van der Waals surface area contributed by atoms with Gasteiger partial charge in [0.05, 0.1) is 12.5 Å². The fraction of sp³-hybridized carbons (Fsp3) is 0.143. The molecule has 1 aliphatic heterocycles. The summed E-state index contributed by atoms with van der Waals surface area (Å²) in [4.78, 5) is 12.2. The van der Waals surface area contributed by atoms with E-state index in [2.05, 4.69) is 4.40 Å². The molecule has 0 spiro atoms. The van der Waals surface area contributed by atoms with Gasteiger partial charge >= 0.3 is 0 Å². The highest BCUT2D eigenvalue weighted by Crippen LogP contribution is 2.31. The minimum Gasteiger partial charge on any atom is -0.488 e. The van der Waals surface area contributed by atoms with Gasteiger partial charge < -0.3 is 4.74 Å². The minimum atomic E-state index is 0.118. The third kappa shape index (κ3) is 1.69. The number of hydrogen-bond acceptors (Lipinski definition) is 4.